The number of nitrogens with one attached hydrogen (secondary N) is 1. The monoisotopic (exact) mass is 340 g/mol. The number of carbonyl (C=O) groups excluding carboxylic acids is 2. The predicted molar refractivity (Wildman–Crippen MR) is 92.1 cm³/mol. The average Bonchev–Trinajstić information content (AvgIpc) is 2.92. The van der Waals surface area contributed by atoms with E-state index in [1.165, 1.54) is 7.11 Å². The topological polar surface area (TPSA) is 67.9 Å². The molecule has 2 aromatic carbocycles. The Morgan fingerprint density at radius 2 is 1.84 bits per heavy atom. The Morgan fingerprint density at radius 3 is 2.52 bits per heavy atom. The lowest BCUT2D eigenvalue weighted by Gasteiger charge is -2.26. The molecule has 6 nitrogen and oxygen atoms in total. The highest BCUT2D eigenvalue weighted by atomic mass is 16.5. The molecule has 130 valence electrons. The van der Waals surface area contributed by atoms with Gasteiger partial charge in [-0.2, -0.15) is 0 Å². The number of carbonyl (C=O) groups is 2. The maximum atomic E-state index is 12.8. The molecule has 1 aliphatic rings. The summed E-state index contributed by atoms with van der Waals surface area (Å²) in [6.07, 6.45) is -0.370. The zero-order chi connectivity index (χ0) is 17.8. The molecule has 1 amide bonds. The predicted octanol–water partition coefficient (Wildman–Crippen LogP) is 2.11. The van der Waals surface area contributed by atoms with E-state index >= 15 is 0 Å². The van der Waals surface area contributed by atoms with Crippen molar-refractivity contribution in [3.8, 4) is 5.75 Å². The molecule has 1 aliphatic heterocycles. The minimum Gasteiger partial charge on any atom is -0.497 e. The van der Waals surface area contributed by atoms with Gasteiger partial charge in [-0.3, -0.25) is 14.9 Å². The summed E-state index contributed by atoms with van der Waals surface area (Å²) in [5, 5.41) is 3.12. The van der Waals surface area contributed by atoms with Gasteiger partial charge in [0.25, 0.3) is 5.91 Å². The first-order valence-electron chi connectivity index (χ1n) is 7.97. The maximum absolute atomic E-state index is 12.8. The van der Waals surface area contributed by atoms with Crippen molar-refractivity contribution in [2.24, 2.45) is 0 Å². The second kappa shape index (κ2) is 7.36. The normalized spacial score (nSPS) is 15.8. The summed E-state index contributed by atoms with van der Waals surface area (Å²) >= 11 is 0. The molecule has 1 atom stereocenters. The van der Waals surface area contributed by atoms with Crippen LogP contribution in [0.1, 0.15) is 27.7 Å². The molecular formula is C19H20N2O4. The third-order valence-electron chi connectivity index (χ3n) is 4.24. The third-order valence-corrected chi connectivity index (χ3v) is 4.24. The molecule has 25 heavy (non-hydrogen) atoms. The lowest BCUT2D eigenvalue weighted by Crippen LogP contribution is -2.38. The van der Waals surface area contributed by atoms with Crippen LogP contribution in [0.15, 0.2) is 48.5 Å². The number of methoxy groups -OCH3 is 2. The number of esters is 1. The van der Waals surface area contributed by atoms with Crippen LogP contribution in [0.3, 0.4) is 0 Å². The van der Waals surface area contributed by atoms with Gasteiger partial charge in [0.1, 0.15) is 11.9 Å². The molecule has 0 radical (unpaired) electrons. The molecule has 0 saturated heterocycles. The fraction of sp³-hybridized carbons (Fsp3) is 0.263. The number of ether oxygens (including phenoxy) is 2. The lowest BCUT2D eigenvalue weighted by molar-refractivity contribution is -0.139. The van der Waals surface area contributed by atoms with Crippen LogP contribution in [0, 0.1) is 0 Å². The van der Waals surface area contributed by atoms with Crippen molar-refractivity contribution in [1.29, 1.82) is 0 Å². The van der Waals surface area contributed by atoms with Gasteiger partial charge in [0.05, 0.1) is 20.8 Å². The van der Waals surface area contributed by atoms with Gasteiger partial charge in [-0.25, -0.2) is 0 Å². The van der Waals surface area contributed by atoms with Crippen molar-refractivity contribution in [1.82, 2.24) is 10.2 Å². The molecule has 6 heteroatoms. The lowest BCUT2D eigenvalue weighted by atomic mass is 10.1. The van der Waals surface area contributed by atoms with E-state index < -0.39 is 0 Å². The fourth-order valence-corrected chi connectivity index (χ4v) is 2.93. The Labute approximate surface area is 146 Å². The highest BCUT2D eigenvalue weighted by molar-refractivity contribution is 5.99. The fourth-order valence-electron chi connectivity index (χ4n) is 2.93. The summed E-state index contributed by atoms with van der Waals surface area (Å²) in [5.41, 5.74) is 2.50. The Balaban J connectivity index is 1.84. The summed E-state index contributed by atoms with van der Waals surface area (Å²) in [7, 11) is 2.95. The molecule has 0 fully saturated rings. The van der Waals surface area contributed by atoms with Crippen LogP contribution in [-0.4, -0.2) is 37.5 Å². The molecule has 0 aliphatic carbocycles. The minimum absolute atomic E-state index is 0.0297. The van der Waals surface area contributed by atoms with E-state index in [1.807, 2.05) is 42.5 Å². The van der Waals surface area contributed by atoms with Crippen molar-refractivity contribution in [2.75, 3.05) is 20.8 Å². The van der Waals surface area contributed by atoms with Gasteiger partial charge in [-0.05, 0) is 23.8 Å². The number of amides is 1. The number of nitrogens with zero attached hydrogens (tertiary/aromatic N) is 1. The Morgan fingerprint density at radius 1 is 1.12 bits per heavy atom. The largest absolute Gasteiger partial charge is 0.497 e. The first kappa shape index (κ1) is 17.0. The van der Waals surface area contributed by atoms with Crippen LogP contribution in [-0.2, 0) is 16.1 Å². The quantitative estimate of drug-likeness (QED) is 0.816. The van der Waals surface area contributed by atoms with E-state index in [2.05, 4.69) is 10.1 Å². The zero-order valence-electron chi connectivity index (χ0n) is 14.2. The number of hydrogen-bond donors (Lipinski definition) is 1. The van der Waals surface area contributed by atoms with E-state index in [0.717, 1.165) is 16.9 Å². The first-order chi connectivity index (χ1) is 12.1. The van der Waals surface area contributed by atoms with Crippen LogP contribution in [0.5, 0.6) is 5.75 Å². The van der Waals surface area contributed by atoms with Gasteiger partial charge >= 0.3 is 5.97 Å². The Hall–Kier alpha value is -2.86. The van der Waals surface area contributed by atoms with Gasteiger partial charge in [0.2, 0.25) is 0 Å². The average molecular weight is 340 g/mol. The summed E-state index contributed by atoms with van der Waals surface area (Å²) in [6.45, 7) is 0.457. The minimum atomic E-state index is -0.374. The Bertz CT molecular complexity index is 773. The van der Waals surface area contributed by atoms with E-state index in [0.29, 0.717) is 12.1 Å². The van der Waals surface area contributed by atoms with E-state index in [1.54, 1.807) is 18.1 Å². The third kappa shape index (κ3) is 3.49. The highest BCUT2D eigenvalue weighted by Crippen LogP contribution is 2.33. The van der Waals surface area contributed by atoms with Crippen molar-refractivity contribution in [3.63, 3.8) is 0 Å². The molecule has 1 N–H and O–H groups in total. The van der Waals surface area contributed by atoms with Gasteiger partial charge in [0, 0.05) is 17.7 Å². The van der Waals surface area contributed by atoms with Crippen LogP contribution >= 0.6 is 0 Å². The zero-order valence-corrected chi connectivity index (χ0v) is 14.2. The maximum Gasteiger partial charge on any atom is 0.319 e. The first-order valence-corrected chi connectivity index (χ1v) is 7.97. The van der Waals surface area contributed by atoms with E-state index in [-0.39, 0.29) is 24.6 Å². The standard InChI is InChI=1S/C19H20N2O4/c1-24-14-9-7-13(8-10-14)12-21-18(20-11-17(22)25-2)15-5-3-4-6-16(15)19(21)23/h3-10,18,20H,11-12H2,1-2H3. The smallest absolute Gasteiger partial charge is 0.319 e. The summed E-state index contributed by atoms with van der Waals surface area (Å²) in [4.78, 5) is 26.0. The van der Waals surface area contributed by atoms with Crippen molar-refractivity contribution in [2.45, 2.75) is 12.7 Å². The van der Waals surface area contributed by atoms with Crippen molar-refractivity contribution in [3.05, 3.63) is 65.2 Å². The van der Waals surface area contributed by atoms with Gasteiger partial charge in [-0.1, -0.05) is 30.3 Å². The second-order valence-electron chi connectivity index (χ2n) is 5.73. The number of fused-ring (bicyclic) bond motifs is 1. The van der Waals surface area contributed by atoms with E-state index in [4.69, 9.17) is 4.74 Å². The van der Waals surface area contributed by atoms with Gasteiger partial charge in [0.15, 0.2) is 0 Å². The van der Waals surface area contributed by atoms with Crippen molar-refractivity contribution >= 4 is 11.9 Å². The van der Waals surface area contributed by atoms with Gasteiger partial charge in [-0.15, -0.1) is 0 Å². The number of benzene rings is 2. The molecule has 0 bridgehead atoms. The SMILES string of the molecule is COC(=O)CNC1c2ccccc2C(=O)N1Cc1ccc(OC)cc1. The van der Waals surface area contributed by atoms with Crippen LogP contribution < -0.4 is 10.1 Å². The highest BCUT2D eigenvalue weighted by Gasteiger charge is 2.36. The molecule has 2 aromatic rings. The number of hydrogen-bond acceptors (Lipinski definition) is 5. The summed E-state index contributed by atoms with van der Waals surface area (Å²) in [6, 6.07) is 15.0. The Kier molecular flexibility index (Phi) is 5.00. The van der Waals surface area contributed by atoms with E-state index in [9.17, 15) is 9.59 Å². The molecule has 1 unspecified atom stereocenters. The molecule has 1 heterocycles. The molecule has 0 saturated carbocycles. The van der Waals surface area contributed by atoms with Crippen LogP contribution in [0.4, 0.5) is 0 Å². The molecule has 3 rings (SSSR count). The van der Waals surface area contributed by atoms with Gasteiger partial charge < -0.3 is 14.4 Å². The van der Waals surface area contributed by atoms with Crippen LogP contribution in [0.25, 0.3) is 0 Å². The summed E-state index contributed by atoms with van der Waals surface area (Å²) < 4.78 is 9.85. The van der Waals surface area contributed by atoms with Crippen LogP contribution in [0.2, 0.25) is 0 Å². The molecular weight excluding hydrogens is 320 g/mol. The number of rotatable bonds is 6. The molecule has 0 aromatic heterocycles. The summed E-state index contributed by atoms with van der Waals surface area (Å²) in [5.74, 6) is 0.329. The van der Waals surface area contributed by atoms with Crippen molar-refractivity contribution < 1.29 is 19.1 Å². The molecule has 0 spiro atoms. The second-order valence-corrected chi connectivity index (χ2v) is 5.73.